The average molecular weight is 586 g/mol. The van der Waals surface area contributed by atoms with E-state index in [9.17, 15) is 13.2 Å². The Labute approximate surface area is 237 Å². The van der Waals surface area contributed by atoms with E-state index in [2.05, 4.69) is 10.5 Å². The molecule has 0 aliphatic carbocycles. The number of aryl methyl sites for hydroxylation is 1. The maximum atomic E-state index is 13.5. The third-order valence-electron chi connectivity index (χ3n) is 6.00. The number of aromatic nitrogens is 1. The van der Waals surface area contributed by atoms with Gasteiger partial charge in [0.2, 0.25) is 0 Å². The number of halogens is 2. The quantitative estimate of drug-likeness (QED) is 0.200. The minimum Gasteiger partial charge on any atom is -0.495 e. The van der Waals surface area contributed by atoms with Gasteiger partial charge in [-0.25, -0.2) is 13.8 Å². The first-order chi connectivity index (χ1) is 18.6. The summed E-state index contributed by atoms with van der Waals surface area (Å²) in [6, 6.07) is 21.7. The Morgan fingerprint density at radius 1 is 1.00 bits per heavy atom. The van der Waals surface area contributed by atoms with Crippen LogP contribution in [0, 0.1) is 13.8 Å². The lowest BCUT2D eigenvalue weighted by molar-refractivity contribution is -0.119. The molecule has 0 atom stereocenters. The summed E-state index contributed by atoms with van der Waals surface area (Å²) in [5, 5.41) is 4.89. The zero-order valence-electron chi connectivity index (χ0n) is 21.4. The Hall–Kier alpha value is -3.79. The van der Waals surface area contributed by atoms with Gasteiger partial charge in [0.25, 0.3) is 15.9 Å². The van der Waals surface area contributed by atoms with Crippen LogP contribution in [0.5, 0.6) is 5.75 Å². The molecule has 0 spiro atoms. The summed E-state index contributed by atoms with van der Waals surface area (Å²) in [4.78, 5) is 12.9. The SMILES string of the molecule is COc1ccc(N(CC(=O)N/N=C\c2cc(C)n(-c3ccccc3Cl)c2C)S(=O)(=O)c2ccccc2)cc1Cl. The van der Waals surface area contributed by atoms with Gasteiger partial charge < -0.3 is 9.30 Å². The smallest absolute Gasteiger partial charge is 0.264 e. The highest BCUT2D eigenvalue weighted by atomic mass is 35.5. The molecule has 0 unspecified atom stereocenters. The Morgan fingerprint density at radius 2 is 1.69 bits per heavy atom. The number of methoxy groups -OCH3 is 1. The second-order valence-electron chi connectivity index (χ2n) is 8.55. The molecule has 4 rings (SSSR count). The van der Waals surface area contributed by atoms with Gasteiger partial charge in [-0.2, -0.15) is 5.10 Å². The highest BCUT2D eigenvalue weighted by molar-refractivity contribution is 7.92. The number of nitrogens with zero attached hydrogens (tertiary/aromatic N) is 3. The zero-order chi connectivity index (χ0) is 28.2. The number of sulfonamides is 1. The molecule has 0 saturated carbocycles. The summed E-state index contributed by atoms with van der Waals surface area (Å²) < 4.78 is 35.1. The van der Waals surface area contributed by atoms with Crippen LogP contribution in [0.15, 0.2) is 88.9 Å². The largest absolute Gasteiger partial charge is 0.495 e. The number of rotatable bonds is 9. The van der Waals surface area contributed by atoms with Gasteiger partial charge >= 0.3 is 0 Å². The van der Waals surface area contributed by atoms with E-state index >= 15 is 0 Å². The fourth-order valence-corrected chi connectivity index (χ4v) is 6.01. The van der Waals surface area contributed by atoms with Crippen LogP contribution in [0.2, 0.25) is 10.0 Å². The number of benzene rings is 3. The molecule has 202 valence electrons. The standard InChI is InChI=1S/C28H26Cl2N4O4S/c1-19-15-21(20(2)34(19)26-12-8-7-11-24(26)29)17-31-32-28(35)18-33(22-13-14-27(38-3)25(30)16-22)39(36,37)23-9-5-4-6-10-23/h4-17H,18H2,1-3H3,(H,32,35)/b31-17-. The molecule has 0 bridgehead atoms. The van der Waals surface area contributed by atoms with Crippen LogP contribution in [0.3, 0.4) is 0 Å². The highest BCUT2D eigenvalue weighted by Crippen LogP contribution is 2.32. The van der Waals surface area contributed by atoms with Crippen molar-refractivity contribution < 1.29 is 17.9 Å². The normalized spacial score (nSPS) is 11.5. The average Bonchev–Trinajstić information content (AvgIpc) is 3.20. The van der Waals surface area contributed by atoms with E-state index < -0.39 is 22.5 Å². The van der Waals surface area contributed by atoms with Gasteiger partial charge in [-0.3, -0.25) is 9.10 Å². The van der Waals surface area contributed by atoms with E-state index in [4.69, 9.17) is 27.9 Å². The van der Waals surface area contributed by atoms with E-state index in [0.29, 0.717) is 10.8 Å². The van der Waals surface area contributed by atoms with Gasteiger partial charge in [0, 0.05) is 17.0 Å². The minimum atomic E-state index is -4.10. The second kappa shape index (κ2) is 11.9. The van der Waals surface area contributed by atoms with E-state index in [1.165, 1.54) is 43.7 Å². The van der Waals surface area contributed by atoms with Gasteiger partial charge in [-0.05, 0) is 62.4 Å². The molecular weight excluding hydrogens is 559 g/mol. The number of amides is 1. The highest BCUT2D eigenvalue weighted by Gasteiger charge is 2.27. The Balaban J connectivity index is 1.58. The molecule has 4 aromatic rings. The van der Waals surface area contributed by atoms with E-state index in [1.54, 1.807) is 18.2 Å². The van der Waals surface area contributed by atoms with Crippen molar-refractivity contribution in [2.24, 2.45) is 5.10 Å². The zero-order valence-corrected chi connectivity index (χ0v) is 23.8. The molecule has 1 N–H and O–H groups in total. The monoisotopic (exact) mass is 584 g/mol. The predicted octanol–water partition coefficient (Wildman–Crippen LogP) is 5.76. The molecule has 8 nitrogen and oxygen atoms in total. The topological polar surface area (TPSA) is 93.0 Å². The molecule has 0 aliphatic heterocycles. The minimum absolute atomic E-state index is 0.0280. The number of carbonyl (C=O) groups is 1. The van der Waals surface area contributed by atoms with Crippen molar-refractivity contribution in [1.82, 2.24) is 9.99 Å². The number of ether oxygens (including phenoxy) is 1. The predicted molar refractivity (Wildman–Crippen MR) is 155 cm³/mol. The fraction of sp³-hybridized carbons (Fsp3) is 0.143. The van der Waals surface area contributed by atoms with Gasteiger partial charge in [-0.1, -0.05) is 53.5 Å². The first-order valence-electron chi connectivity index (χ1n) is 11.8. The van der Waals surface area contributed by atoms with Crippen LogP contribution in [0.1, 0.15) is 17.0 Å². The third-order valence-corrected chi connectivity index (χ3v) is 8.40. The first kappa shape index (κ1) is 28.2. The van der Waals surface area contributed by atoms with E-state index in [-0.39, 0.29) is 15.6 Å². The Kier molecular flexibility index (Phi) is 8.64. The summed E-state index contributed by atoms with van der Waals surface area (Å²) in [6.45, 7) is 3.33. The number of nitrogens with one attached hydrogen (secondary N) is 1. The lowest BCUT2D eigenvalue weighted by Gasteiger charge is -2.24. The number of hydrazone groups is 1. The van der Waals surface area contributed by atoms with Crippen molar-refractivity contribution in [1.29, 1.82) is 0 Å². The molecule has 1 amide bonds. The number of para-hydroxylation sites is 1. The summed E-state index contributed by atoms with van der Waals surface area (Å²) >= 11 is 12.6. The van der Waals surface area contributed by atoms with Crippen molar-refractivity contribution >= 4 is 51.0 Å². The van der Waals surface area contributed by atoms with E-state index in [0.717, 1.165) is 26.9 Å². The van der Waals surface area contributed by atoms with Crippen LogP contribution in [0.25, 0.3) is 5.69 Å². The molecule has 0 aliphatic rings. The molecular formula is C28H26Cl2N4O4S. The number of anilines is 1. The molecule has 1 heterocycles. The lowest BCUT2D eigenvalue weighted by atomic mass is 10.2. The van der Waals surface area contributed by atoms with Gasteiger partial charge in [0.1, 0.15) is 12.3 Å². The van der Waals surface area contributed by atoms with Crippen LogP contribution < -0.4 is 14.5 Å². The van der Waals surface area contributed by atoms with Crippen molar-refractivity contribution in [3.63, 3.8) is 0 Å². The number of hydrogen-bond donors (Lipinski definition) is 1. The van der Waals surface area contributed by atoms with Crippen molar-refractivity contribution in [2.75, 3.05) is 18.0 Å². The summed E-state index contributed by atoms with van der Waals surface area (Å²) in [7, 11) is -2.65. The van der Waals surface area contributed by atoms with Crippen molar-refractivity contribution in [3.8, 4) is 11.4 Å². The van der Waals surface area contributed by atoms with Crippen LogP contribution in [-0.4, -0.2) is 38.8 Å². The van der Waals surface area contributed by atoms with Gasteiger partial charge in [0.15, 0.2) is 0 Å². The van der Waals surface area contributed by atoms with Gasteiger partial charge in [0.05, 0.1) is 39.6 Å². The van der Waals surface area contributed by atoms with Crippen molar-refractivity contribution in [2.45, 2.75) is 18.7 Å². The molecule has 11 heteroatoms. The first-order valence-corrected chi connectivity index (χ1v) is 14.0. The maximum Gasteiger partial charge on any atom is 0.264 e. The summed E-state index contributed by atoms with van der Waals surface area (Å²) in [6.07, 6.45) is 1.51. The van der Waals surface area contributed by atoms with E-state index in [1.807, 2.05) is 48.7 Å². The number of carbonyl (C=O) groups excluding carboxylic acids is 1. The fourth-order valence-electron chi connectivity index (χ4n) is 4.11. The molecule has 3 aromatic carbocycles. The van der Waals surface area contributed by atoms with Gasteiger partial charge in [-0.15, -0.1) is 0 Å². The number of hydrogen-bond acceptors (Lipinski definition) is 5. The molecule has 1 aromatic heterocycles. The van der Waals surface area contributed by atoms with Crippen molar-refractivity contribution in [3.05, 3.63) is 106 Å². The Bertz CT molecular complexity index is 1640. The summed E-state index contributed by atoms with van der Waals surface area (Å²) in [5.41, 5.74) is 6.04. The van der Waals surface area contributed by atoms with Crippen LogP contribution >= 0.6 is 23.2 Å². The second-order valence-corrected chi connectivity index (χ2v) is 11.2. The van der Waals surface area contributed by atoms with Crippen LogP contribution in [0.4, 0.5) is 5.69 Å². The van der Waals surface area contributed by atoms with Crippen LogP contribution in [-0.2, 0) is 14.8 Å². The molecule has 39 heavy (non-hydrogen) atoms. The molecule has 0 fully saturated rings. The maximum absolute atomic E-state index is 13.5. The molecule has 0 saturated heterocycles. The lowest BCUT2D eigenvalue weighted by Crippen LogP contribution is -2.39. The molecule has 0 radical (unpaired) electrons. The Morgan fingerprint density at radius 3 is 2.36 bits per heavy atom. The summed E-state index contributed by atoms with van der Waals surface area (Å²) in [5.74, 6) is -0.265. The third kappa shape index (κ3) is 6.11.